The quantitative estimate of drug-likeness (QED) is 0.848. The fraction of sp³-hybridized carbons (Fsp3) is 0.471. The van der Waals surface area contributed by atoms with Crippen molar-refractivity contribution < 1.29 is 13.2 Å². The summed E-state index contributed by atoms with van der Waals surface area (Å²) in [5, 5.41) is -0.219. The van der Waals surface area contributed by atoms with E-state index in [-0.39, 0.29) is 5.25 Å². The number of primary amides is 1. The van der Waals surface area contributed by atoms with Crippen molar-refractivity contribution in [2.75, 3.05) is 0 Å². The molecule has 118 valence electrons. The lowest BCUT2D eigenvalue weighted by molar-refractivity contribution is -0.112. The van der Waals surface area contributed by atoms with E-state index in [2.05, 4.69) is 0 Å². The molecule has 1 amide bonds. The molecule has 0 radical (unpaired) electrons. The van der Waals surface area contributed by atoms with Crippen LogP contribution in [-0.4, -0.2) is 19.6 Å². The summed E-state index contributed by atoms with van der Waals surface area (Å²) in [5.41, 5.74) is 6.71. The van der Waals surface area contributed by atoms with Gasteiger partial charge in [0.2, 0.25) is 5.91 Å². The Balaban J connectivity index is 1.87. The van der Waals surface area contributed by atoms with Gasteiger partial charge in [0.15, 0.2) is 9.84 Å². The number of sulfone groups is 1. The molecule has 0 atom stereocenters. The third kappa shape index (κ3) is 3.09. The van der Waals surface area contributed by atoms with E-state index in [1.807, 2.05) is 6.08 Å². The lowest BCUT2D eigenvalue weighted by atomic mass is 9.98. The minimum absolute atomic E-state index is 0.219. The number of nitrogens with two attached hydrogens (primary N) is 1. The predicted molar refractivity (Wildman–Crippen MR) is 85.8 cm³/mol. The Morgan fingerprint density at radius 2 is 1.64 bits per heavy atom. The van der Waals surface area contributed by atoms with Crippen LogP contribution >= 0.6 is 0 Å². The van der Waals surface area contributed by atoms with Crippen LogP contribution in [-0.2, 0) is 14.6 Å². The first-order valence-electron chi connectivity index (χ1n) is 7.84. The summed E-state index contributed by atoms with van der Waals surface area (Å²) >= 11 is 0. The summed E-state index contributed by atoms with van der Waals surface area (Å²) in [7, 11) is -3.19. The standard InChI is InChI=1S/C17H21NO3S/c18-17(19)16(11-12-3-1-2-4-12)13-5-7-14(8-6-13)22(20,21)15-9-10-15/h5-8,11-12,15H,1-4,9-10H2,(H2,18,19)/b16-11+. The van der Waals surface area contributed by atoms with Gasteiger partial charge in [-0.05, 0) is 49.3 Å². The van der Waals surface area contributed by atoms with Crippen LogP contribution in [0.25, 0.3) is 5.57 Å². The maximum Gasteiger partial charge on any atom is 0.248 e. The largest absolute Gasteiger partial charge is 0.366 e. The molecule has 3 rings (SSSR count). The molecule has 2 fully saturated rings. The van der Waals surface area contributed by atoms with Gasteiger partial charge in [0.05, 0.1) is 10.1 Å². The monoisotopic (exact) mass is 319 g/mol. The van der Waals surface area contributed by atoms with Crippen molar-refractivity contribution in [3.63, 3.8) is 0 Å². The van der Waals surface area contributed by atoms with Gasteiger partial charge < -0.3 is 5.73 Å². The number of carbonyl (C=O) groups is 1. The van der Waals surface area contributed by atoms with Gasteiger partial charge >= 0.3 is 0 Å². The highest BCUT2D eigenvalue weighted by Crippen LogP contribution is 2.34. The Bertz CT molecular complexity index is 694. The number of hydrogen-bond acceptors (Lipinski definition) is 3. The fourth-order valence-corrected chi connectivity index (χ4v) is 4.73. The van der Waals surface area contributed by atoms with Gasteiger partial charge in [0, 0.05) is 5.57 Å². The molecule has 2 aliphatic carbocycles. The van der Waals surface area contributed by atoms with E-state index < -0.39 is 15.7 Å². The van der Waals surface area contributed by atoms with Gasteiger partial charge in [0.25, 0.3) is 0 Å². The van der Waals surface area contributed by atoms with Crippen molar-refractivity contribution in [1.82, 2.24) is 0 Å². The van der Waals surface area contributed by atoms with E-state index in [0.717, 1.165) is 25.7 Å². The molecule has 5 heteroatoms. The number of benzene rings is 1. The highest BCUT2D eigenvalue weighted by Gasteiger charge is 2.36. The minimum Gasteiger partial charge on any atom is -0.366 e. The zero-order chi connectivity index (χ0) is 15.7. The molecule has 1 aromatic carbocycles. The fourth-order valence-electron chi connectivity index (χ4n) is 3.08. The SMILES string of the molecule is NC(=O)/C(=C/C1CCCC1)c1ccc(S(=O)(=O)C2CC2)cc1. The molecular formula is C17H21NO3S. The molecule has 0 aliphatic heterocycles. The summed E-state index contributed by atoms with van der Waals surface area (Å²) in [6, 6.07) is 6.57. The van der Waals surface area contributed by atoms with Gasteiger partial charge in [-0.25, -0.2) is 8.42 Å². The normalized spacial score (nSPS) is 20.3. The average Bonchev–Trinajstić information content (AvgIpc) is 3.24. The van der Waals surface area contributed by atoms with Crippen LogP contribution < -0.4 is 5.73 Å². The molecular weight excluding hydrogens is 298 g/mol. The van der Waals surface area contributed by atoms with E-state index in [9.17, 15) is 13.2 Å². The minimum atomic E-state index is -3.19. The van der Waals surface area contributed by atoms with Crippen molar-refractivity contribution in [3.8, 4) is 0 Å². The highest BCUT2D eigenvalue weighted by molar-refractivity contribution is 7.92. The molecule has 0 bridgehead atoms. The van der Waals surface area contributed by atoms with Crippen molar-refractivity contribution in [2.24, 2.45) is 11.7 Å². The smallest absolute Gasteiger partial charge is 0.248 e. The van der Waals surface area contributed by atoms with Gasteiger partial charge in [-0.3, -0.25) is 4.79 Å². The molecule has 2 aliphatic rings. The Kier molecular flexibility index (Phi) is 4.08. The van der Waals surface area contributed by atoms with Crippen LogP contribution in [0.4, 0.5) is 0 Å². The molecule has 1 aromatic rings. The van der Waals surface area contributed by atoms with Crippen LogP contribution in [0.3, 0.4) is 0 Å². The molecule has 0 heterocycles. The average molecular weight is 319 g/mol. The summed E-state index contributed by atoms with van der Waals surface area (Å²) in [6.07, 6.45) is 8.00. The lowest BCUT2D eigenvalue weighted by Gasteiger charge is -2.09. The van der Waals surface area contributed by atoms with Gasteiger partial charge in [-0.1, -0.05) is 31.1 Å². The van der Waals surface area contributed by atoms with Crippen LogP contribution in [0.2, 0.25) is 0 Å². The van der Waals surface area contributed by atoms with E-state index in [4.69, 9.17) is 5.73 Å². The Hall–Kier alpha value is -1.62. The molecule has 4 nitrogen and oxygen atoms in total. The molecule has 0 saturated heterocycles. The first kappa shape index (κ1) is 15.3. The van der Waals surface area contributed by atoms with Gasteiger partial charge in [0.1, 0.15) is 0 Å². The maximum absolute atomic E-state index is 12.2. The summed E-state index contributed by atoms with van der Waals surface area (Å²) < 4.78 is 24.4. The summed E-state index contributed by atoms with van der Waals surface area (Å²) in [6.45, 7) is 0. The zero-order valence-corrected chi connectivity index (χ0v) is 13.3. The first-order chi connectivity index (χ1) is 10.5. The van der Waals surface area contributed by atoms with Crippen molar-refractivity contribution in [3.05, 3.63) is 35.9 Å². The number of carbonyl (C=O) groups excluding carboxylic acids is 1. The maximum atomic E-state index is 12.2. The van der Waals surface area contributed by atoms with E-state index in [1.54, 1.807) is 24.3 Å². The predicted octanol–water partition coefficient (Wildman–Crippen LogP) is 2.68. The highest BCUT2D eigenvalue weighted by atomic mass is 32.2. The van der Waals surface area contributed by atoms with Crippen LogP contribution in [0.1, 0.15) is 44.1 Å². The number of rotatable bonds is 5. The van der Waals surface area contributed by atoms with Crippen LogP contribution in [0, 0.1) is 5.92 Å². The summed E-state index contributed by atoms with van der Waals surface area (Å²) in [5.74, 6) is -0.0536. The number of allylic oxidation sites excluding steroid dienone is 1. The third-order valence-corrected chi connectivity index (χ3v) is 6.80. The molecule has 0 unspecified atom stereocenters. The second kappa shape index (κ2) is 5.88. The van der Waals surface area contributed by atoms with Gasteiger partial charge in [-0.2, -0.15) is 0 Å². The third-order valence-electron chi connectivity index (χ3n) is 4.52. The number of hydrogen-bond donors (Lipinski definition) is 1. The first-order valence-corrected chi connectivity index (χ1v) is 9.39. The van der Waals surface area contributed by atoms with Gasteiger partial charge in [-0.15, -0.1) is 0 Å². The molecule has 2 saturated carbocycles. The topological polar surface area (TPSA) is 77.2 Å². The second-order valence-electron chi connectivity index (χ2n) is 6.26. The summed E-state index contributed by atoms with van der Waals surface area (Å²) in [4.78, 5) is 12.1. The van der Waals surface area contributed by atoms with E-state index in [1.165, 1.54) is 12.8 Å². The van der Waals surface area contributed by atoms with Crippen molar-refractivity contribution in [2.45, 2.75) is 48.7 Å². The Labute approximate surface area is 131 Å². The zero-order valence-electron chi connectivity index (χ0n) is 12.5. The molecule has 22 heavy (non-hydrogen) atoms. The number of amides is 1. The Morgan fingerprint density at radius 3 is 2.14 bits per heavy atom. The molecule has 0 aromatic heterocycles. The van der Waals surface area contributed by atoms with Crippen molar-refractivity contribution in [1.29, 1.82) is 0 Å². The van der Waals surface area contributed by atoms with Crippen molar-refractivity contribution >= 4 is 21.3 Å². The lowest BCUT2D eigenvalue weighted by Crippen LogP contribution is -2.14. The Morgan fingerprint density at radius 1 is 1.05 bits per heavy atom. The molecule has 2 N–H and O–H groups in total. The van der Waals surface area contributed by atoms with E-state index >= 15 is 0 Å². The van der Waals surface area contributed by atoms with Crippen LogP contribution in [0.5, 0.6) is 0 Å². The molecule has 0 spiro atoms. The van der Waals surface area contributed by atoms with Crippen LogP contribution in [0.15, 0.2) is 35.2 Å². The van der Waals surface area contributed by atoms with E-state index in [0.29, 0.717) is 21.9 Å². The second-order valence-corrected chi connectivity index (χ2v) is 8.49.